The summed E-state index contributed by atoms with van der Waals surface area (Å²) in [5, 5.41) is 2.79. The quantitative estimate of drug-likeness (QED) is 0.892. The lowest BCUT2D eigenvalue weighted by Crippen LogP contribution is -2.16. The van der Waals surface area contributed by atoms with E-state index in [1.807, 2.05) is 19.1 Å². The number of hydrogen-bond acceptors (Lipinski definition) is 2. The summed E-state index contributed by atoms with van der Waals surface area (Å²) in [5.41, 5.74) is 7.16. The van der Waals surface area contributed by atoms with E-state index in [9.17, 15) is 4.79 Å². The van der Waals surface area contributed by atoms with Gasteiger partial charge in [-0.15, -0.1) is 0 Å². The molecule has 0 saturated heterocycles. The molecule has 0 fully saturated rings. The predicted molar refractivity (Wildman–Crippen MR) is 68.9 cm³/mol. The van der Waals surface area contributed by atoms with Gasteiger partial charge in [-0.05, 0) is 56.5 Å². The number of halogens is 2. The molecule has 3 nitrogen and oxygen atoms in total. The second-order valence-electron chi connectivity index (χ2n) is 3.19. The zero-order valence-corrected chi connectivity index (χ0v) is 11.5. The average molecular weight is 336 g/mol. The lowest BCUT2D eigenvalue weighted by atomic mass is 10.2. The van der Waals surface area contributed by atoms with Gasteiger partial charge in [0, 0.05) is 21.9 Å². The van der Waals surface area contributed by atoms with Crippen molar-refractivity contribution in [3.63, 3.8) is 0 Å². The number of amides is 1. The topological polar surface area (TPSA) is 55.1 Å². The Morgan fingerprint density at radius 3 is 2.40 bits per heavy atom. The molecule has 1 amide bonds. The van der Waals surface area contributed by atoms with Crippen LogP contribution in [0.15, 0.2) is 21.1 Å². The average Bonchev–Trinajstić information content (AvgIpc) is 2.11. The number of carbonyl (C=O) groups is 1. The summed E-state index contributed by atoms with van der Waals surface area (Å²) in [5.74, 6) is -0.0808. The number of carbonyl (C=O) groups excluding carboxylic acids is 1. The minimum absolute atomic E-state index is 0.0808. The van der Waals surface area contributed by atoms with Gasteiger partial charge >= 0.3 is 0 Å². The van der Waals surface area contributed by atoms with E-state index >= 15 is 0 Å². The van der Waals surface area contributed by atoms with E-state index in [0.717, 1.165) is 20.2 Å². The van der Waals surface area contributed by atoms with Gasteiger partial charge in [0.1, 0.15) is 0 Å². The first-order valence-electron chi connectivity index (χ1n) is 4.50. The summed E-state index contributed by atoms with van der Waals surface area (Å²) >= 11 is 6.80. The van der Waals surface area contributed by atoms with E-state index < -0.39 is 0 Å². The van der Waals surface area contributed by atoms with Crippen LogP contribution in [-0.2, 0) is 4.79 Å². The summed E-state index contributed by atoms with van der Waals surface area (Å²) in [6.45, 7) is 2.34. The standard InChI is InChI=1S/C10H12Br2N2O/c1-6-4-7(11)10(8(12)5-6)14-9(15)2-3-13/h4-5H,2-3,13H2,1H3,(H,14,15). The summed E-state index contributed by atoms with van der Waals surface area (Å²) in [7, 11) is 0. The minimum Gasteiger partial charge on any atom is -0.330 e. The van der Waals surface area contributed by atoms with Crippen molar-refractivity contribution in [3.05, 3.63) is 26.6 Å². The van der Waals surface area contributed by atoms with E-state index in [-0.39, 0.29) is 5.91 Å². The molecule has 5 heteroatoms. The Hall–Kier alpha value is -0.390. The van der Waals surface area contributed by atoms with Crippen molar-refractivity contribution in [2.24, 2.45) is 5.73 Å². The third-order valence-corrected chi connectivity index (χ3v) is 3.07. The molecule has 0 aliphatic rings. The number of anilines is 1. The lowest BCUT2D eigenvalue weighted by Gasteiger charge is -2.10. The number of nitrogens with two attached hydrogens (primary N) is 1. The molecule has 0 radical (unpaired) electrons. The maximum atomic E-state index is 11.4. The van der Waals surface area contributed by atoms with Gasteiger partial charge in [0.05, 0.1) is 5.69 Å². The Morgan fingerprint density at radius 2 is 1.93 bits per heavy atom. The molecule has 15 heavy (non-hydrogen) atoms. The van der Waals surface area contributed by atoms with Crippen LogP contribution in [0.1, 0.15) is 12.0 Å². The second kappa shape index (κ2) is 5.63. The van der Waals surface area contributed by atoms with E-state index in [1.54, 1.807) is 0 Å². The lowest BCUT2D eigenvalue weighted by molar-refractivity contribution is -0.116. The molecule has 1 aromatic carbocycles. The molecule has 0 saturated carbocycles. The monoisotopic (exact) mass is 334 g/mol. The fraction of sp³-hybridized carbons (Fsp3) is 0.300. The number of rotatable bonds is 3. The normalized spacial score (nSPS) is 10.1. The van der Waals surface area contributed by atoms with Crippen molar-refractivity contribution in [1.82, 2.24) is 0 Å². The fourth-order valence-electron chi connectivity index (χ4n) is 1.15. The van der Waals surface area contributed by atoms with E-state index in [2.05, 4.69) is 37.2 Å². The van der Waals surface area contributed by atoms with Gasteiger partial charge in [-0.3, -0.25) is 4.79 Å². The molecule has 0 heterocycles. The van der Waals surface area contributed by atoms with E-state index in [4.69, 9.17) is 5.73 Å². The molecule has 0 aromatic heterocycles. The van der Waals surface area contributed by atoms with Crippen LogP contribution in [0.25, 0.3) is 0 Å². The Bertz CT molecular complexity index is 357. The third kappa shape index (κ3) is 3.59. The van der Waals surface area contributed by atoms with Crippen molar-refractivity contribution in [1.29, 1.82) is 0 Å². The SMILES string of the molecule is Cc1cc(Br)c(NC(=O)CCN)c(Br)c1. The Morgan fingerprint density at radius 1 is 1.40 bits per heavy atom. The molecule has 0 aliphatic carbocycles. The van der Waals surface area contributed by atoms with Crippen molar-refractivity contribution in [3.8, 4) is 0 Å². The summed E-state index contributed by atoms with van der Waals surface area (Å²) in [4.78, 5) is 11.4. The molecule has 82 valence electrons. The molecule has 1 aromatic rings. The first-order valence-corrected chi connectivity index (χ1v) is 6.08. The Labute approximate surface area is 106 Å². The van der Waals surface area contributed by atoms with E-state index in [1.165, 1.54) is 0 Å². The molecule has 3 N–H and O–H groups in total. The van der Waals surface area contributed by atoms with Crippen LogP contribution in [0.5, 0.6) is 0 Å². The smallest absolute Gasteiger partial charge is 0.225 e. The number of hydrogen-bond donors (Lipinski definition) is 2. The molecule has 0 unspecified atom stereocenters. The molecule has 0 atom stereocenters. The molecule has 1 rings (SSSR count). The van der Waals surface area contributed by atoms with Gasteiger partial charge in [0.2, 0.25) is 5.91 Å². The van der Waals surface area contributed by atoms with Crippen molar-refractivity contribution < 1.29 is 4.79 Å². The highest BCUT2D eigenvalue weighted by molar-refractivity contribution is 9.11. The summed E-state index contributed by atoms with van der Waals surface area (Å²) in [6, 6.07) is 3.89. The van der Waals surface area contributed by atoms with Gasteiger partial charge in [-0.1, -0.05) is 0 Å². The Kier molecular flexibility index (Phi) is 4.76. The zero-order valence-electron chi connectivity index (χ0n) is 8.31. The molecule has 0 bridgehead atoms. The maximum absolute atomic E-state index is 11.4. The molecular formula is C10H12Br2N2O. The largest absolute Gasteiger partial charge is 0.330 e. The van der Waals surface area contributed by atoms with Crippen LogP contribution in [-0.4, -0.2) is 12.5 Å². The van der Waals surface area contributed by atoms with Gasteiger partial charge in [-0.2, -0.15) is 0 Å². The number of benzene rings is 1. The van der Waals surface area contributed by atoms with Crippen LogP contribution in [0.3, 0.4) is 0 Å². The predicted octanol–water partition coefficient (Wildman–Crippen LogP) is 2.81. The maximum Gasteiger partial charge on any atom is 0.225 e. The van der Waals surface area contributed by atoms with Crippen molar-refractivity contribution in [2.75, 3.05) is 11.9 Å². The number of aryl methyl sites for hydroxylation is 1. The summed E-state index contributed by atoms with van der Waals surface area (Å²) in [6.07, 6.45) is 0.326. The second-order valence-corrected chi connectivity index (χ2v) is 4.90. The van der Waals surface area contributed by atoms with Crippen LogP contribution in [0.4, 0.5) is 5.69 Å². The molecule has 0 aliphatic heterocycles. The highest BCUT2D eigenvalue weighted by Gasteiger charge is 2.09. The van der Waals surface area contributed by atoms with Gasteiger partial charge < -0.3 is 11.1 Å². The number of nitrogens with one attached hydrogen (secondary N) is 1. The van der Waals surface area contributed by atoms with E-state index in [0.29, 0.717) is 13.0 Å². The van der Waals surface area contributed by atoms with Crippen LogP contribution in [0, 0.1) is 6.92 Å². The molecule has 0 spiro atoms. The van der Waals surface area contributed by atoms with Crippen LogP contribution >= 0.6 is 31.9 Å². The van der Waals surface area contributed by atoms with Crippen LogP contribution in [0.2, 0.25) is 0 Å². The third-order valence-electron chi connectivity index (χ3n) is 1.82. The van der Waals surface area contributed by atoms with Gasteiger partial charge in [-0.25, -0.2) is 0 Å². The van der Waals surface area contributed by atoms with Gasteiger partial charge in [0.25, 0.3) is 0 Å². The van der Waals surface area contributed by atoms with Crippen LogP contribution < -0.4 is 11.1 Å². The zero-order chi connectivity index (χ0) is 11.4. The molecular weight excluding hydrogens is 324 g/mol. The van der Waals surface area contributed by atoms with Crippen molar-refractivity contribution >= 4 is 43.5 Å². The summed E-state index contributed by atoms with van der Waals surface area (Å²) < 4.78 is 1.72. The highest BCUT2D eigenvalue weighted by Crippen LogP contribution is 2.32. The minimum atomic E-state index is -0.0808. The highest BCUT2D eigenvalue weighted by atomic mass is 79.9. The van der Waals surface area contributed by atoms with Gasteiger partial charge in [0.15, 0.2) is 0 Å². The Balaban J connectivity index is 2.90. The first kappa shape index (κ1) is 12.7. The first-order chi connectivity index (χ1) is 7.04. The fourth-order valence-corrected chi connectivity index (χ4v) is 2.77. The van der Waals surface area contributed by atoms with Crippen molar-refractivity contribution in [2.45, 2.75) is 13.3 Å².